The molecule has 5 rings (SSSR count). The van der Waals surface area contributed by atoms with Crippen molar-refractivity contribution in [2.45, 2.75) is 19.3 Å². The van der Waals surface area contributed by atoms with Gasteiger partial charge in [-0.1, -0.05) is 36.4 Å². The third-order valence-electron chi connectivity index (χ3n) is 5.50. The maximum Gasteiger partial charge on any atom is 0.246 e. The summed E-state index contributed by atoms with van der Waals surface area (Å²) in [5.74, 6) is 0.744. The van der Waals surface area contributed by atoms with Crippen molar-refractivity contribution in [3.8, 4) is 17.1 Å². The topological polar surface area (TPSA) is 51.3 Å². The summed E-state index contributed by atoms with van der Waals surface area (Å²) >= 11 is 0. The highest BCUT2D eigenvalue weighted by Crippen LogP contribution is 2.30. The van der Waals surface area contributed by atoms with E-state index in [4.69, 9.17) is 9.52 Å². The van der Waals surface area contributed by atoms with Gasteiger partial charge in [-0.2, -0.15) is 5.10 Å². The van der Waals surface area contributed by atoms with Gasteiger partial charge in [0.1, 0.15) is 11.3 Å². The van der Waals surface area contributed by atoms with Crippen LogP contribution in [0.5, 0.6) is 0 Å². The summed E-state index contributed by atoms with van der Waals surface area (Å²) in [6, 6.07) is 19.8. The minimum Gasteiger partial charge on any atom is -0.454 e. The smallest absolute Gasteiger partial charge is 0.246 e. The van der Waals surface area contributed by atoms with E-state index in [0.717, 1.165) is 53.8 Å². The van der Waals surface area contributed by atoms with Crippen molar-refractivity contribution < 1.29 is 9.21 Å². The van der Waals surface area contributed by atoms with Gasteiger partial charge >= 0.3 is 0 Å². The Morgan fingerprint density at radius 2 is 1.73 bits per heavy atom. The molecule has 0 bridgehead atoms. The van der Waals surface area contributed by atoms with Gasteiger partial charge in [-0.05, 0) is 49.6 Å². The second kappa shape index (κ2) is 8.03. The molecule has 2 aromatic carbocycles. The summed E-state index contributed by atoms with van der Waals surface area (Å²) in [6.07, 6.45) is 8.81. The first-order chi connectivity index (χ1) is 14.8. The Bertz CT molecular complexity index is 1160. The number of carbonyl (C=O) groups is 1. The lowest BCUT2D eigenvalue weighted by atomic mass is 10.1. The number of likely N-dealkylation sites (tertiary alicyclic amines) is 1. The maximum absolute atomic E-state index is 12.6. The van der Waals surface area contributed by atoms with E-state index in [1.165, 1.54) is 6.42 Å². The molecule has 2 aromatic heterocycles. The second-order valence-electron chi connectivity index (χ2n) is 7.58. The molecule has 5 nitrogen and oxygen atoms in total. The van der Waals surface area contributed by atoms with Crippen molar-refractivity contribution in [3.63, 3.8) is 0 Å². The summed E-state index contributed by atoms with van der Waals surface area (Å²) in [4.78, 5) is 14.5. The van der Waals surface area contributed by atoms with E-state index in [1.807, 2.05) is 82.5 Å². The van der Waals surface area contributed by atoms with Gasteiger partial charge in [-0.15, -0.1) is 0 Å². The van der Waals surface area contributed by atoms with E-state index in [0.29, 0.717) is 5.76 Å². The van der Waals surface area contributed by atoms with Crippen molar-refractivity contribution in [1.29, 1.82) is 0 Å². The molecule has 0 saturated carbocycles. The van der Waals surface area contributed by atoms with Gasteiger partial charge in [0.2, 0.25) is 5.91 Å². The fourth-order valence-corrected chi connectivity index (χ4v) is 3.89. The van der Waals surface area contributed by atoms with E-state index in [-0.39, 0.29) is 5.91 Å². The van der Waals surface area contributed by atoms with E-state index < -0.39 is 0 Å². The van der Waals surface area contributed by atoms with Crippen LogP contribution in [0.2, 0.25) is 0 Å². The quantitative estimate of drug-likeness (QED) is 0.439. The molecule has 1 aliphatic heterocycles. The minimum atomic E-state index is 0.0534. The normalized spacial score (nSPS) is 14.6. The number of carbonyl (C=O) groups excluding carboxylic acids is 1. The zero-order chi connectivity index (χ0) is 20.3. The molecule has 1 amide bonds. The van der Waals surface area contributed by atoms with Crippen LogP contribution in [0.15, 0.2) is 77.4 Å². The van der Waals surface area contributed by atoms with Crippen LogP contribution in [0.4, 0.5) is 0 Å². The number of aromatic nitrogens is 2. The van der Waals surface area contributed by atoms with Crippen LogP contribution >= 0.6 is 0 Å². The zero-order valence-corrected chi connectivity index (χ0v) is 16.7. The number of rotatable bonds is 4. The molecule has 4 aromatic rings. The molecule has 0 atom stereocenters. The van der Waals surface area contributed by atoms with Gasteiger partial charge in [0.25, 0.3) is 0 Å². The molecule has 150 valence electrons. The molecular weight excluding hydrogens is 374 g/mol. The predicted molar refractivity (Wildman–Crippen MR) is 118 cm³/mol. The summed E-state index contributed by atoms with van der Waals surface area (Å²) in [5.41, 5.74) is 3.35. The molecule has 5 heteroatoms. The number of fused-ring (bicyclic) bond motifs is 1. The third kappa shape index (κ3) is 3.66. The monoisotopic (exact) mass is 397 g/mol. The summed E-state index contributed by atoms with van der Waals surface area (Å²) in [5, 5.41) is 5.81. The van der Waals surface area contributed by atoms with Crippen LogP contribution in [0.1, 0.15) is 24.8 Å². The number of benzene rings is 2. The Balaban J connectivity index is 1.53. The van der Waals surface area contributed by atoms with E-state index in [9.17, 15) is 4.79 Å². The van der Waals surface area contributed by atoms with E-state index in [1.54, 1.807) is 6.08 Å². The first kappa shape index (κ1) is 18.4. The van der Waals surface area contributed by atoms with Gasteiger partial charge in [0.05, 0.1) is 5.69 Å². The van der Waals surface area contributed by atoms with Gasteiger partial charge in [0.15, 0.2) is 5.76 Å². The fraction of sp³-hybridized carbons (Fsp3) is 0.200. The summed E-state index contributed by atoms with van der Waals surface area (Å²) < 4.78 is 7.89. The first-order valence-electron chi connectivity index (χ1n) is 10.4. The number of amides is 1. The lowest BCUT2D eigenvalue weighted by molar-refractivity contribution is -0.126. The largest absolute Gasteiger partial charge is 0.454 e. The summed E-state index contributed by atoms with van der Waals surface area (Å²) in [6.45, 7) is 1.67. The van der Waals surface area contributed by atoms with Crippen molar-refractivity contribution >= 4 is 23.0 Å². The molecule has 0 aliphatic carbocycles. The van der Waals surface area contributed by atoms with Crippen LogP contribution in [0.25, 0.3) is 34.2 Å². The molecule has 30 heavy (non-hydrogen) atoms. The number of nitrogens with zero attached hydrogens (tertiary/aromatic N) is 3. The van der Waals surface area contributed by atoms with E-state index >= 15 is 0 Å². The van der Waals surface area contributed by atoms with Gasteiger partial charge in [-0.25, -0.2) is 4.68 Å². The number of para-hydroxylation sites is 2. The fourth-order valence-electron chi connectivity index (χ4n) is 3.89. The van der Waals surface area contributed by atoms with Crippen LogP contribution in [-0.2, 0) is 4.79 Å². The summed E-state index contributed by atoms with van der Waals surface area (Å²) in [7, 11) is 0. The first-order valence-corrected chi connectivity index (χ1v) is 10.4. The molecule has 1 aliphatic rings. The van der Waals surface area contributed by atoms with Crippen LogP contribution in [0, 0.1) is 0 Å². The highest BCUT2D eigenvalue weighted by Gasteiger charge is 2.17. The van der Waals surface area contributed by atoms with Crippen molar-refractivity contribution in [1.82, 2.24) is 14.7 Å². The standard InChI is InChI=1S/C25H23N3O2/c29-24(27-15-7-2-8-16-27)14-13-20-18-28(21-10-3-1-4-11-21)26-25(20)23-17-19-9-5-6-12-22(19)30-23/h1,3-6,9-14,17-18H,2,7-8,15-16H2. The minimum absolute atomic E-state index is 0.0534. The van der Waals surface area contributed by atoms with E-state index in [2.05, 4.69) is 0 Å². The second-order valence-corrected chi connectivity index (χ2v) is 7.58. The SMILES string of the molecule is O=C(C=Cc1cn(-c2ccccc2)nc1-c1cc2ccccc2o1)N1CCCCC1. The molecule has 0 N–H and O–H groups in total. The Labute approximate surface area is 175 Å². The predicted octanol–water partition coefficient (Wildman–Crippen LogP) is 5.31. The molecule has 0 unspecified atom stereocenters. The van der Waals surface area contributed by atoms with Crippen molar-refractivity contribution in [2.75, 3.05) is 13.1 Å². The molecule has 1 saturated heterocycles. The molecule has 0 spiro atoms. The highest BCUT2D eigenvalue weighted by atomic mass is 16.3. The highest BCUT2D eigenvalue weighted by molar-refractivity contribution is 5.93. The Kier molecular flexibility index (Phi) is 4.93. The third-order valence-corrected chi connectivity index (χ3v) is 5.50. The zero-order valence-electron chi connectivity index (χ0n) is 16.7. The van der Waals surface area contributed by atoms with Crippen LogP contribution in [-0.4, -0.2) is 33.7 Å². The number of furan rings is 1. The van der Waals surface area contributed by atoms with Gasteiger partial charge in [-0.3, -0.25) is 4.79 Å². The van der Waals surface area contributed by atoms with Gasteiger partial charge < -0.3 is 9.32 Å². The maximum atomic E-state index is 12.6. The van der Waals surface area contributed by atoms with Crippen molar-refractivity contribution in [2.24, 2.45) is 0 Å². The molecular formula is C25H23N3O2. The molecule has 0 radical (unpaired) electrons. The number of hydrogen-bond donors (Lipinski definition) is 0. The lowest BCUT2D eigenvalue weighted by Gasteiger charge is -2.25. The average molecular weight is 397 g/mol. The Morgan fingerprint density at radius 3 is 2.53 bits per heavy atom. The Morgan fingerprint density at radius 1 is 0.967 bits per heavy atom. The number of piperidine rings is 1. The number of hydrogen-bond acceptors (Lipinski definition) is 3. The molecule has 1 fully saturated rings. The van der Waals surface area contributed by atoms with Crippen LogP contribution < -0.4 is 0 Å². The Hall–Kier alpha value is -3.60. The lowest BCUT2D eigenvalue weighted by Crippen LogP contribution is -2.34. The van der Waals surface area contributed by atoms with Crippen LogP contribution in [0.3, 0.4) is 0 Å². The average Bonchev–Trinajstić information content (AvgIpc) is 3.43. The van der Waals surface area contributed by atoms with Crippen molar-refractivity contribution in [3.05, 3.63) is 78.5 Å². The van der Waals surface area contributed by atoms with Gasteiger partial charge in [0, 0.05) is 36.3 Å². The molecule has 3 heterocycles.